The molecule has 4 heteroatoms. The third-order valence-corrected chi connectivity index (χ3v) is 4.74. The molecule has 0 amide bonds. The zero-order valence-electron chi connectivity index (χ0n) is 16.3. The summed E-state index contributed by atoms with van der Waals surface area (Å²) in [5.41, 5.74) is 1.75. The Bertz CT molecular complexity index is 617. The molecule has 1 heterocycles. The van der Waals surface area contributed by atoms with Gasteiger partial charge < -0.3 is 4.74 Å². The molecule has 0 bridgehead atoms. The fraction of sp³-hybridized carbons (Fsp3) is 0.619. The molecule has 1 fully saturated rings. The predicted octanol–water partition coefficient (Wildman–Crippen LogP) is 3.73. The van der Waals surface area contributed by atoms with Crippen molar-refractivity contribution in [2.75, 3.05) is 6.54 Å². The number of rotatable bonds is 6. The number of hydrogen-bond donors (Lipinski definition) is 0. The predicted molar refractivity (Wildman–Crippen MR) is 99.7 cm³/mol. The van der Waals surface area contributed by atoms with Gasteiger partial charge in [0.1, 0.15) is 17.4 Å². The molecule has 138 valence electrons. The van der Waals surface area contributed by atoms with E-state index in [1.54, 1.807) is 0 Å². The van der Waals surface area contributed by atoms with Crippen LogP contribution >= 0.6 is 0 Å². The summed E-state index contributed by atoms with van der Waals surface area (Å²) < 4.78 is 5.53. The van der Waals surface area contributed by atoms with Crippen LogP contribution < -0.4 is 0 Å². The molecule has 1 unspecified atom stereocenters. The number of esters is 1. The lowest BCUT2D eigenvalue weighted by atomic mass is 9.95. The Morgan fingerprint density at radius 2 is 1.80 bits per heavy atom. The van der Waals surface area contributed by atoms with Crippen molar-refractivity contribution in [3.8, 4) is 0 Å². The fourth-order valence-corrected chi connectivity index (χ4v) is 3.34. The smallest absolute Gasteiger partial charge is 0.324 e. The van der Waals surface area contributed by atoms with Crippen molar-refractivity contribution < 1.29 is 14.3 Å². The maximum Gasteiger partial charge on any atom is 0.324 e. The van der Waals surface area contributed by atoms with Gasteiger partial charge >= 0.3 is 5.97 Å². The lowest BCUT2D eigenvalue weighted by molar-refractivity contribution is -0.181. The summed E-state index contributed by atoms with van der Waals surface area (Å²) in [4.78, 5) is 27.0. The van der Waals surface area contributed by atoms with Gasteiger partial charge in [0.15, 0.2) is 0 Å². The third-order valence-electron chi connectivity index (χ3n) is 4.74. The van der Waals surface area contributed by atoms with Gasteiger partial charge in [0, 0.05) is 25.4 Å². The molecule has 0 saturated carbocycles. The molecule has 1 aromatic rings. The molecule has 0 aromatic heterocycles. The van der Waals surface area contributed by atoms with Crippen LogP contribution in [0.2, 0.25) is 0 Å². The molecule has 2 rings (SSSR count). The minimum atomic E-state index is -0.506. The summed E-state index contributed by atoms with van der Waals surface area (Å²) >= 11 is 0. The molecule has 1 atom stereocenters. The van der Waals surface area contributed by atoms with E-state index in [9.17, 15) is 9.59 Å². The molecule has 1 aliphatic heterocycles. The van der Waals surface area contributed by atoms with Crippen molar-refractivity contribution in [1.29, 1.82) is 0 Å². The second-order valence-corrected chi connectivity index (χ2v) is 8.28. The molecule has 0 aliphatic carbocycles. The van der Waals surface area contributed by atoms with Gasteiger partial charge in [0.05, 0.1) is 0 Å². The van der Waals surface area contributed by atoms with E-state index < -0.39 is 11.6 Å². The van der Waals surface area contributed by atoms with E-state index in [0.717, 1.165) is 5.56 Å². The molecule has 4 nitrogen and oxygen atoms in total. The zero-order chi connectivity index (χ0) is 18.8. The van der Waals surface area contributed by atoms with Gasteiger partial charge in [0.25, 0.3) is 0 Å². The molecule has 0 radical (unpaired) electrons. The third kappa shape index (κ3) is 5.15. The summed E-state index contributed by atoms with van der Waals surface area (Å²) in [6.07, 6.45) is 0.566. The van der Waals surface area contributed by atoms with Crippen molar-refractivity contribution in [1.82, 2.24) is 4.90 Å². The Labute approximate surface area is 151 Å². The SMILES string of the molecule is CC(C)c1ccc(CC(=O)CC2C(=O)OC(C)(C)CN2C(C)C)cc1. The maximum absolute atomic E-state index is 12.5. The quantitative estimate of drug-likeness (QED) is 0.737. The highest BCUT2D eigenvalue weighted by atomic mass is 16.6. The number of cyclic esters (lactones) is 1. The van der Waals surface area contributed by atoms with Crippen molar-refractivity contribution in [2.45, 2.75) is 78.0 Å². The van der Waals surface area contributed by atoms with E-state index >= 15 is 0 Å². The van der Waals surface area contributed by atoms with Gasteiger partial charge in [-0.25, -0.2) is 0 Å². The summed E-state index contributed by atoms with van der Waals surface area (Å²) in [6.45, 7) is 12.9. The Kier molecular flexibility index (Phi) is 6.04. The number of carbonyl (C=O) groups is 2. The summed E-state index contributed by atoms with van der Waals surface area (Å²) in [5.74, 6) is 0.266. The number of carbonyl (C=O) groups excluding carboxylic acids is 2. The number of nitrogens with zero attached hydrogens (tertiary/aromatic N) is 1. The van der Waals surface area contributed by atoms with Gasteiger partial charge in [-0.1, -0.05) is 38.1 Å². The highest BCUT2D eigenvalue weighted by molar-refractivity contribution is 5.88. The van der Waals surface area contributed by atoms with E-state index in [0.29, 0.717) is 18.9 Å². The van der Waals surface area contributed by atoms with Gasteiger partial charge in [-0.05, 0) is 44.7 Å². The van der Waals surface area contributed by atoms with Gasteiger partial charge in [0.2, 0.25) is 0 Å². The van der Waals surface area contributed by atoms with E-state index in [1.807, 2.05) is 26.0 Å². The van der Waals surface area contributed by atoms with Crippen LogP contribution in [0.25, 0.3) is 0 Å². The Balaban J connectivity index is 2.04. The van der Waals surface area contributed by atoms with Crippen LogP contribution in [0.3, 0.4) is 0 Å². The van der Waals surface area contributed by atoms with Gasteiger partial charge in [-0.15, -0.1) is 0 Å². The first-order chi connectivity index (χ1) is 11.6. The first kappa shape index (κ1) is 19.6. The highest BCUT2D eigenvalue weighted by Gasteiger charge is 2.42. The fourth-order valence-electron chi connectivity index (χ4n) is 3.34. The largest absolute Gasteiger partial charge is 0.457 e. The molecule has 1 aromatic carbocycles. The van der Waals surface area contributed by atoms with Crippen LogP contribution in [-0.2, 0) is 20.7 Å². The Morgan fingerprint density at radius 1 is 1.20 bits per heavy atom. The van der Waals surface area contributed by atoms with E-state index in [2.05, 4.69) is 44.7 Å². The average Bonchev–Trinajstić information content (AvgIpc) is 2.49. The number of ketones is 1. The molecular formula is C21H31NO3. The standard InChI is InChI=1S/C21H31NO3/c1-14(2)17-9-7-16(8-10-17)11-18(23)12-19-20(24)25-21(5,6)13-22(19)15(3)4/h7-10,14-15,19H,11-13H2,1-6H3. The lowest BCUT2D eigenvalue weighted by Gasteiger charge is -2.44. The minimum Gasteiger partial charge on any atom is -0.457 e. The Hall–Kier alpha value is -1.68. The highest BCUT2D eigenvalue weighted by Crippen LogP contribution is 2.26. The maximum atomic E-state index is 12.5. The molecule has 25 heavy (non-hydrogen) atoms. The van der Waals surface area contributed by atoms with Crippen LogP contribution in [0.5, 0.6) is 0 Å². The second kappa shape index (κ2) is 7.69. The van der Waals surface area contributed by atoms with Crippen molar-refractivity contribution >= 4 is 11.8 Å². The zero-order valence-corrected chi connectivity index (χ0v) is 16.3. The van der Waals surface area contributed by atoms with Crippen LogP contribution in [0, 0.1) is 0 Å². The van der Waals surface area contributed by atoms with Gasteiger partial charge in [-0.2, -0.15) is 0 Å². The van der Waals surface area contributed by atoms with E-state index in [4.69, 9.17) is 4.74 Å². The summed E-state index contributed by atoms with van der Waals surface area (Å²) in [5, 5.41) is 0. The minimum absolute atomic E-state index is 0.0737. The average molecular weight is 345 g/mol. The second-order valence-electron chi connectivity index (χ2n) is 8.28. The van der Waals surface area contributed by atoms with Crippen LogP contribution in [0.1, 0.15) is 65.0 Å². The van der Waals surface area contributed by atoms with E-state index in [1.165, 1.54) is 5.56 Å². The first-order valence-electron chi connectivity index (χ1n) is 9.18. The summed E-state index contributed by atoms with van der Waals surface area (Å²) in [6, 6.07) is 7.88. The number of ether oxygens (including phenoxy) is 1. The van der Waals surface area contributed by atoms with E-state index in [-0.39, 0.29) is 24.2 Å². The number of hydrogen-bond acceptors (Lipinski definition) is 4. The molecular weight excluding hydrogens is 314 g/mol. The van der Waals surface area contributed by atoms with Crippen LogP contribution in [0.15, 0.2) is 24.3 Å². The van der Waals surface area contributed by atoms with Crippen molar-refractivity contribution in [2.24, 2.45) is 0 Å². The van der Waals surface area contributed by atoms with Crippen LogP contribution in [0.4, 0.5) is 0 Å². The summed E-state index contributed by atoms with van der Waals surface area (Å²) in [7, 11) is 0. The molecule has 0 N–H and O–H groups in total. The van der Waals surface area contributed by atoms with Crippen molar-refractivity contribution in [3.05, 3.63) is 35.4 Å². The topological polar surface area (TPSA) is 46.6 Å². The monoisotopic (exact) mass is 345 g/mol. The lowest BCUT2D eigenvalue weighted by Crippen LogP contribution is -2.59. The van der Waals surface area contributed by atoms with Gasteiger partial charge in [-0.3, -0.25) is 14.5 Å². The van der Waals surface area contributed by atoms with Crippen LogP contribution in [-0.4, -0.2) is 40.9 Å². The normalized spacial score (nSPS) is 20.8. The molecule has 1 aliphatic rings. The number of Topliss-reactive ketones (excluding diaryl/α,β-unsaturated/α-hetero) is 1. The number of benzene rings is 1. The molecule has 0 spiro atoms. The number of morpholine rings is 1. The Morgan fingerprint density at radius 3 is 2.32 bits per heavy atom. The van der Waals surface area contributed by atoms with Crippen molar-refractivity contribution in [3.63, 3.8) is 0 Å². The first-order valence-corrected chi connectivity index (χ1v) is 9.18. The molecule has 1 saturated heterocycles.